The molecule has 2 heteroatoms. The molecule has 0 saturated heterocycles. The minimum atomic E-state index is -0.0737. The molecular formula is C32H39NO. The van der Waals surface area contributed by atoms with E-state index in [9.17, 15) is 4.79 Å². The predicted octanol–water partition coefficient (Wildman–Crippen LogP) is 9.08. The average Bonchev–Trinajstić information content (AvgIpc) is 2.87. The molecule has 0 spiro atoms. The Morgan fingerprint density at radius 2 is 1.44 bits per heavy atom. The molecule has 0 aromatic heterocycles. The van der Waals surface area contributed by atoms with Gasteiger partial charge >= 0.3 is 0 Å². The summed E-state index contributed by atoms with van der Waals surface area (Å²) in [5, 5.41) is 3.01. The number of carbonyl (C=O) groups is 1. The Bertz CT molecular complexity index is 1070. The third-order valence-electron chi connectivity index (χ3n) is 7.69. The number of unbranched alkanes of at least 4 members (excludes halogenated alkanes) is 2. The molecule has 4 rings (SSSR count). The summed E-state index contributed by atoms with van der Waals surface area (Å²) in [5.41, 5.74) is 7.75. The van der Waals surface area contributed by atoms with E-state index in [2.05, 4.69) is 50.4 Å². The zero-order valence-corrected chi connectivity index (χ0v) is 21.1. The Morgan fingerprint density at radius 3 is 2.06 bits per heavy atom. The van der Waals surface area contributed by atoms with Crippen LogP contribution in [-0.2, 0) is 0 Å². The molecule has 1 aliphatic rings. The minimum Gasteiger partial charge on any atom is -0.322 e. The molecule has 0 aliphatic heterocycles. The van der Waals surface area contributed by atoms with Crippen LogP contribution in [0.15, 0.2) is 66.7 Å². The largest absolute Gasteiger partial charge is 0.322 e. The standard InChI is InChI=1S/C32H39NO/c1-4-5-6-7-25-9-11-26(12-10-25)27-13-15-28(16-14-27)29-17-19-30(20-18-29)32(34)33-31-21-8-23(2)24(3)22-31/h8,13-22,25-26H,4-7,9-12H2,1-3H3,(H,33,34). The van der Waals surface area contributed by atoms with Crippen LogP contribution in [0.5, 0.6) is 0 Å². The van der Waals surface area contributed by atoms with E-state index in [-0.39, 0.29) is 5.91 Å². The summed E-state index contributed by atoms with van der Waals surface area (Å²) in [6.07, 6.45) is 11.0. The first-order valence-corrected chi connectivity index (χ1v) is 13.1. The summed E-state index contributed by atoms with van der Waals surface area (Å²) in [6.45, 7) is 6.43. The van der Waals surface area contributed by atoms with Gasteiger partial charge in [-0.05, 0) is 103 Å². The van der Waals surface area contributed by atoms with E-state index in [4.69, 9.17) is 0 Å². The van der Waals surface area contributed by atoms with Crippen molar-refractivity contribution in [3.05, 3.63) is 89.0 Å². The molecule has 0 unspecified atom stereocenters. The number of hydrogen-bond donors (Lipinski definition) is 1. The SMILES string of the molecule is CCCCCC1CCC(c2ccc(-c3ccc(C(=O)Nc4ccc(C)c(C)c4)cc3)cc2)CC1. The summed E-state index contributed by atoms with van der Waals surface area (Å²) >= 11 is 0. The Balaban J connectivity index is 1.33. The zero-order chi connectivity index (χ0) is 23.9. The van der Waals surface area contributed by atoms with Crippen molar-refractivity contribution in [2.45, 2.75) is 78.1 Å². The van der Waals surface area contributed by atoms with Crippen LogP contribution in [0.4, 0.5) is 5.69 Å². The molecule has 178 valence electrons. The summed E-state index contributed by atoms with van der Waals surface area (Å²) in [7, 11) is 0. The molecule has 0 radical (unpaired) electrons. The highest BCUT2D eigenvalue weighted by atomic mass is 16.1. The van der Waals surface area contributed by atoms with E-state index in [1.54, 1.807) is 0 Å². The van der Waals surface area contributed by atoms with Crippen LogP contribution in [0.25, 0.3) is 11.1 Å². The monoisotopic (exact) mass is 453 g/mol. The number of anilines is 1. The molecule has 0 atom stereocenters. The predicted molar refractivity (Wildman–Crippen MR) is 145 cm³/mol. The second kappa shape index (κ2) is 11.5. The van der Waals surface area contributed by atoms with Gasteiger partial charge in [0.15, 0.2) is 0 Å². The molecule has 2 nitrogen and oxygen atoms in total. The van der Waals surface area contributed by atoms with E-state index in [0.717, 1.165) is 17.2 Å². The third-order valence-corrected chi connectivity index (χ3v) is 7.69. The van der Waals surface area contributed by atoms with Crippen molar-refractivity contribution in [1.29, 1.82) is 0 Å². The highest BCUT2D eigenvalue weighted by Gasteiger charge is 2.22. The van der Waals surface area contributed by atoms with Gasteiger partial charge < -0.3 is 5.32 Å². The van der Waals surface area contributed by atoms with E-state index in [1.165, 1.54) is 73.6 Å². The number of hydrogen-bond acceptors (Lipinski definition) is 1. The van der Waals surface area contributed by atoms with Crippen molar-refractivity contribution in [2.24, 2.45) is 5.92 Å². The number of aryl methyl sites for hydroxylation is 2. The number of amides is 1. The minimum absolute atomic E-state index is 0.0737. The van der Waals surface area contributed by atoms with Gasteiger partial charge in [-0.3, -0.25) is 4.79 Å². The lowest BCUT2D eigenvalue weighted by Crippen LogP contribution is -2.13. The fraction of sp³-hybridized carbons (Fsp3) is 0.406. The highest BCUT2D eigenvalue weighted by molar-refractivity contribution is 6.04. The Morgan fingerprint density at radius 1 is 0.794 bits per heavy atom. The van der Waals surface area contributed by atoms with Gasteiger partial charge in [0.05, 0.1) is 0 Å². The number of benzene rings is 3. The molecular weight excluding hydrogens is 414 g/mol. The van der Waals surface area contributed by atoms with E-state index >= 15 is 0 Å². The second-order valence-electron chi connectivity index (χ2n) is 10.2. The van der Waals surface area contributed by atoms with Crippen molar-refractivity contribution in [3.8, 4) is 11.1 Å². The first kappa shape index (κ1) is 24.3. The van der Waals surface area contributed by atoms with Crippen LogP contribution in [0.1, 0.15) is 91.3 Å². The fourth-order valence-corrected chi connectivity index (χ4v) is 5.25. The maximum Gasteiger partial charge on any atom is 0.255 e. The number of rotatable bonds is 8. The molecule has 1 fully saturated rings. The quantitative estimate of drug-likeness (QED) is 0.339. The molecule has 3 aromatic rings. The number of carbonyl (C=O) groups excluding carboxylic acids is 1. The van der Waals surface area contributed by atoms with Gasteiger partial charge in [0, 0.05) is 11.3 Å². The maximum atomic E-state index is 12.7. The zero-order valence-electron chi connectivity index (χ0n) is 21.1. The van der Waals surface area contributed by atoms with Gasteiger partial charge in [0.25, 0.3) is 5.91 Å². The van der Waals surface area contributed by atoms with Crippen LogP contribution < -0.4 is 5.32 Å². The molecule has 3 aromatic carbocycles. The molecule has 34 heavy (non-hydrogen) atoms. The lowest BCUT2D eigenvalue weighted by atomic mass is 9.77. The molecule has 0 heterocycles. The van der Waals surface area contributed by atoms with Crippen LogP contribution in [0.3, 0.4) is 0 Å². The van der Waals surface area contributed by atoms with E-state index in [1.807, 2.05) is 42.5 Å². The highest BCUT2D eigenvalue weighted by Crippen LogP contribution is 2.38. The van der Waals surface area contributed by atoms with Crippen molar-refractivity contribution >= 4 is 11.6 Å². The lowest BCUT2D eigenvalue weighted by molar-refractivity contribution is 0.102. The Hall–Kier alpha value is -2.87. The Labute approximate surface area is 205 Å². The molecule has 1 saturated carbocycles. The summed E-state index contributed by atoms with van der Waals surface area (Å²) < 4.78 is 0. The topological polar surface area (TPSA) is 29.1 Å². The molecule has 0 bridgehead atoms. The van der Waals surface area contributed by atoms with E-state index < -0.39 is 0 Å². The van der Waals surface area contributed by atoms with Crippen molar-refractivity contribution in [3.63, 3.8) is 0 Å². The summed E-state index contributed by atoms with van der Waals surface area (Å²) in [6, 6.07) is 23.1. The average molecular weight is 454 g/mol. The van der Waals surface area contributed by atoms with Crippen LogP contribution in [-0.4, -0.2) is 5.91 Å². The second-order valence-corrected chi connectivity index (χ2v) is 10.2. The third kappa shape index (κ3) is 6.17. The Kier molecular flexibility index (Phi) is 8.21. The van der Waals surface area contributed by atoms with Crippen LogP contribution in [0.2, 0.25) is 0 Å². The van der Waals surface area contributed by atoms with Gasteiger partial charge in [-0.1, -0.05) is 75.1 Å². The first-order valence-electron chi connectivity index (χ1n) is 13.1. The molecule has 1 amide bonds. The lowest BCUT2D eigenvalue weighted by Gasteiger charge is -2.29. The van der Waals surface area contributed by atoms with Crippen LogP contribution >= 0.6 is 0 Å². The van der Waals surface area contributed by atoms with Gasteiger partial charge in [-0.15, -0.1) is 0 Å². The first-order chi connectivity index (χ1) is 16.5. The van der Waals surface area contributed by atoms with Gasteiger partial charge in [0.1, 0.15) is 0 Å². The molecule has 1 aliphatic carbocycles. The summed E-state index contributed by atoms with van der Waals surface area (Å²) in [4.78, 5) is 12.7. The van der Waals surface area contributed by atoms with Gasteiger partial charge in [-0.2, -0.15) is 0 Å². The van der Waals surface area contributed by atoms with Crippen molar-refractivity contribution < 1.29 is 4.79 Å². The number of nitrogens with one attached hydrogen (secondary N) is 1. The smallest absolute Gasteiger partial charge is 0.255 e. The molecule has 1 N–H and O–H groups in total. The van der Waals surface area contributed by atoms with Crippen molar-refractivity contribution in [2.75, 3.05) is 5.32 Å². The fourth-order valence-electron chi connectivity index (χ4n) is 5.25. The van der Waals surface area contributed by atoms with Crippen molar-refractivity contribution in [1.82, 2.24) is 0 Å². The van der Waals surface area contributed by atoms with E-state index in [0.29, 0.717) is 11.5 Å². The van der Waals surface area contributed by atoms with Gasteiger partial charge in [-0.25, -0.2) is 0 Å². The van der Waals surface area contributed by atoms with Crippen LogP contribution in [0, 0.1) is 19.8 Å². The maximum absolute atomic E-state index is 12.7. The normalized spacial score (nSPS) is 18.0. The summed E-state index contributed by atoms with van der Waals surface area (Å²) in [5.74, 6) is 1.59. The van der Waals surface area contributed by atoms with Gasteiger partial charge in [0.2, 0.25) is 0 Å².